The molecule has 4 nitrogen and oxygen atoms in total. The van der Waals surface area contributed by atoms with Gasteiger partial charge in [-0.3, -0.25) is 4.79 Å². The monoisotopic (exact) mass is 483 g/mol. The molecule has 0 spiro atoms. The second-order valence-electron chi connectivity index (χ2n) is 9.71. The van der Waals surface area contributed by atoms with Gasteiger partial charge in [-0.15, -0.1) is 0 Å². The molecule has 178 valence electrons. The van der Waals surface area contributed by atoms with Gasteiger partial charge in [-0.1, -0.05) is 62.7 Å². The van der Waals surface area contributed by atoms with Crippen molar-refractivity contribution in [3.63, 3.8) is 0 Å². The third kappa shape index (κ3) is 5.39. The standard InChI is InChI=1S/C27H28ClF2N3O/c1-27(2,3)26(34)32-12-13-33(23-10-9-21(29)15-22(23)30)24(17-32)20-7-4-18(5-8-20)14-19-6-11-25(28)31-16-19/h4-11,15-16,24H,12-14,17H2,1-3H3/t24-/m0/s1. The maximum Gasteiger partial charge on any atom is 0.228 e. The maximum absolute atomic E-state index is 14.7. The Morgan fingerprint density at radius 3 is 2.35 bits per heavy atom. The third-order valence-corrected chi connectivity index (χ3v) is 6.31. The highest BCUT2D eigenvalue weighted by molar-refractivity contribution is 6.29. The van der Waals surface area contributed by atoms with E-state index in [-0.39, 0.29) is 11.9 Å². The Bertz CT molecular complexity index is 1160. The average molecular weight is 484 g/mol. The van der Waals surface area contributed by atoms with E-state index in [1.165, 1.54) is 12.1 Å². The SMILES string of the molecule is CC(C)(C)C(=O)N1CCN(c2ccc(F)cc2F)[C@H](c2ccc(Cc3ccc(Cl)nc3)cc2)C1. The van der Waals surface area contributed by atoms with Crippen molar-refractivity contribution in [2.24, 2.45) is 5.41 Å². The summed E-state index contributed by atoms with van der Waals surface area (Å²) in [6, 6.07) is 15.2. The third-order valence-electron chi connectivity index (χ3n) is 6.09. The zero-order valence-corrected chi connectivity index (χ0v) is 20.3. The molecule has 1 aliphatic rings. The summed E-state index contributed by atoms with van der Waals surface area (Å²) in [6.07, 6.45) is 2.46. The highest BCUT2D eigenvalue weighted by Crippen LogP contribution is 2.34. The highest BCUT2D eigenvalue weighted by Gasteiger charge is 2.35. The number of carbonyl (C=O) groups excluding carboxylic acids is 1. The van der Waals surface area contributed by atoms with E-state index in [0.29, 0.717) is 36.9 Å². The lowest BCUT2D eigenvalue weighted by Gasteiger charge is -2.44. The van der Waals surface area contributed by atoms with Gasteiger partial charge in [-0.2, -0.15) is 0 Å². The lowest BCUT2D eigenvalue weighted by Crippen LogP contribution is -2.53. The largest absolute Gasteiger partial charge is 0.359 e. The quantitative estimate of drug-likeness (QED) is 0.424. The molecular weight excluding hydrogens is 456 g/mol. The van der Waals surface area contributed by atoms with E-state index in [2.05, 4.69) is 4.98 Å². The molecule has 3 aromatic rings. The summed E-state index contributed by atoms with van der Waals surface area (Å²) < 4.78 is 28.3. The van der Waals surface area contributed by atoms with E-state index < -0.39 is 17.0 Å². The maximum atomic E-state index is 14.7. The molecule has 7 heteroatoms. The van der Waals surface area contributed by atoms with Gasteiger partial charge < -0.3 is 9.80 Å². The fourth-order valence-corrected chi connectivity index (χ4v) is 4.45. The molecule has 1 atom stereocenters. The fraction of sp³-hybridized carbons (Fsp3) is 0.333. The second kappa shape index (κ2) is 9.71. The van der Waals surface area contributed by atoms with Crippen molar-refractivity contribution >= 4 is 23.2 Å². The van der Waals surface area contributed by atoms with Crippen molar-refractivity contribution in [1.82, 2.24) is 9.88 Å². The van der Waals surface area contributed by atoms with Gasteiger partial charge in [0.15, 0.2) is 0 Å². The molecule has 2 heterocycles. The van der Waals surface area contributed by atoms with Crippen LogP contribution in [0.1, 0.15) is 43.5 Å². The zero-order chi connectivity index (χ0) is 24.5. The van der Waals surface area contributed by atoms with Gasteiger partial charge >= 0.3 is 0 Å². The Labute approximate surface area is 204 Å². The van der Waals surface area contributed by atoms with Crippen molar-refractivity contribution in [1.29, 1.82) is 0 Å². The van der Waals surface area contributed by atoms with E-state index in [4.69, 9.17) is 11.6 Å². The summed E-state index contributed by atoms with van der Waals surface area (Å²) in [4.78, 5) is 20.9. The Hall–Kier alpha value is -2.99. The van der Waals surface area contributed by atoms with Gasteiger partial charge in [0.05, 0.1) is 11.7 Å². The number of aromatic nitrogens is 1. The number of halogens is 3. The Kier molecular flexibility index (Phi) is 6.89. The molecule has 0 saturated carbocycles. The number of rotatable bonds is 4. The van der Waals surface area contributed by atoms with Crippen LogP contribution in [0.15, 0.2) is 60.8 Å². The Morgan fingerprint density at radius 1 is 1.03 bits per heavy atom. The van der Waals surface area contributed by atoms with Crippen LogP contribution in [-0.4, -0.2) is 35.4 Å². The van der Waals surface area contributed by atoms with E-state index in [1.807, 2.05) is 60.9 Å². The van der Waals surface area contributed by atoms with Crippen molar-refractivity contribution in [2.45, 2.75) is 33.2 Å². The molecule has 0 unspecified atom stereocenters. The average Bonchev–Trinajstić information content (AvgIpc) is 2.80. The van der Waals surface area contributed by atoms with Crippen LogP contribution in [0.2, 0.25) is 5.15 Å². The Balaban J connectivity index is 1.62. The highest BCUT2D eigenvalue weighted by atomic mass is 35.5. The lowest BCUT2D eigenvalue weighted by atomic mass is 9.92. The van der Waals surface area contributed by atoms with E-state index in [9.17, 15) is 13.6 Å². The summed E-state index contributed by atoms with van der Waals surface area (Å²) in [7, 11) is 0. The Morgan fingerprint density at radius 2 is 1.74 bits per heavy atom. The topological polar surface area (TPSA) is 36.4 Å². The molecule has 1 saturated heterocycles. The molecule has 1 amide bonds. The first-order chi connectivity index (χ1) is 16.1. The minimum Gasteiger partial charge on any atom is -0.359 e. The number of piperazine rings is 1. The zero-order valence-electron chi connectivity index (χ0n) is 19.6. The van der Waals surface area contributed by atoms with Crippen molar-refractivity contribution < 1.29 is 13.6 Å². The van der Waals surface area contributed by atoms with Crippen LogP contribution in [0.5, 0.6) is 0 Å². The first kappa shape index (κ1) is 24.1. The summed E-state index contributed by atoms with van der Waals surface area (Å²) in [5.74, 6) is -1.16. The number of nitrogens with zero attached hydrogens (tertiary/aromatic N) is 3. The van der Waals surface area contributed by atoms with Gasteiger partial charge in [0, 0.05) is 37.3 Å². The van der Waals surface area contributed by atoms with Crippen LogP contribution in [0.25, 0.3) is 0 Å². The van der Waals surface area contributed by atoms with Gasteiger partial charge in [0.2, 0.25) is 5.91 Å². The molecule has 1 aliphatic heterocycles. The van der Waals surface area contributed by atoms with Crippen molar-refractivity contribution in [3.05, 3.63) is 94.3 Å². The lowest BCUT2D eigenvalue weighted by molar-refractivity contribution is -0.140. The molecular formula is C27H28ClF2N3O. The van der Waals surface area contributed by atoms with Crippen molar-refractivity contribution in [2.75, 3.05) is 24.5 Å². The van der Waals surface area contributed by atoms with Crippen molar-refractivity contribution in [3.8, 4) is 0 Å². The van der Waals surface area contributed by atoms with Crippen LogP contribution in [-0.2, 0) is 11.2 Å². The summed E-state index contributed by atoms with van der Waals surface area (Å²) in [5, 5.41) is 0.457. The van der Waals surface area contributed by atoms with Crippen LogP contribution in [0.3, 0.4) is 0 Å². The number of hydrogen-bond acceptors (Lipinski definition) is 3. The number of benzene rings is 2. The molecule has 1 aromatic heterocycles. The number of hydrogen-bond donors (Lipinski definition) is 0. The number of anilines is 1. The fourth-order valence-electron chi connectivity index (χ4n) is 4.33. The number of amides is 1. The summed E-state index contributed by atoms with van der Waals surface area (Å²) in [6.45, 7) is 7.05. The van der Waals surface area contributed by atoms with Crippen LogP contribution in [0, 0.1) is 17.0 Å². The smallest absolute Gasteiger partial charge is 0.228 e. The molecule has 0 bridgehead atoms. The first-order valence-electron chi connectivity index (χ1n) is 11.3. The predicted molar refractivity (Wildman–Crippen MR) is 131 cm³/mol. The van der Waals surface area contributed by atoms with Crippen LogP contribution < -0.4 is 4.90 Å². The number of pyridine rings is 1. The van der Waals surface area contributed by atoms with Crippen LogP contribution >= 0.6 is 11.6 Å². The molecule has 4 rings (SSSR count). The minimum atomic E-state index is -0.611. The summed E-state index contributed by atoms with van der Waals surface area (Å²) >= 11 is 5.88. The van der Waals surface area contributed by atoms with Gasteiger partial charge in [-0.25, -0.2) is 13.8 Å². The van der Waals surface area contributed by atoms with E-state index in [0.717, 1.165) is 22.8 Å². The normalized spacial score (nSPS) is 16.6. The molecule has 1 fully saturated rings. The van der Waals surface area contributed by atoms with Gasteiger partial charge in [-0.05, 0) is 41.3 Å². The summed E-state index contributed by atoms with van der Waals surface area (Å²) in [5.41, 5.74) is 2.95. The van der Waals surface area contributed by atoms with E-state index >= 15 is 0 Å². The molecule has 2 aromatic carbocycles. The minimum absolute atomic E-state index is 0.0589. The molecule has 0 radical (unpaired) electrons. The second-order valence-corrected chi connectivity index (χ2v) is 10.1. The van der Waals surface area contributed by atoms with Gasteiger partial charge in [0.1, 0.15) is 16.8 Å². The predicted octanol–water partition coefficient (Wildman–Crippen LogP) is 6.04. The number of carbonyl (C=O) groups is 1. The molecule has 0 aliphatic carbocycles. The van der Waals surface area contributed by atoms with Gasteiger partial charge in [0.25, 0.3) is 0 Å². The molecule has 34 heavy (non-hydrogen) atoms. The first-order valence-corrected chi connectivity index (χ1v) is 11.7. The van der Waals surface area contributed by atoms with E-state index in [1.54, 1.807) is 12.3 Å². The molecule has 0 N–H and O–H groups in total. The van der Waals surface area contributed by atoms with Crippen LogP contribution in [0.4, 0.5) is 14.5 Å².